The lowest BCUT2D eigenvalue weighted by Gasteiger charge is -2.17. The smallest absolute Gasteiger partial charge is 0.245 e. The number of carbonyl (C=O) groups excluding carboxylic acids is 2. The van der Waals surface area contributed by atoms with Crippen LogP contribution in [0.2, 0.25) is 0 Å². The number of nitrogens with zero attached hydrogens (tertiary/aromatic N) is 2. The fourth-order valence-corrected chi connectivity index (χ4v) is 3.55. The summed E-state index contributed by atoms with van der Waals surface area (Å²) in [6.07, 6.45) is 1.85. The number of rotatable bonds is 4. The molecular weight excluding hydrogens is 334 g/mol. The lowest BCUT2D eigenvalue weighted by Crippen LogP contribution is -2.30. The lowest BCUT2D eigenvalue weighted by atomic mass is 10.1. The van der Waals surface area contributed by atoms with Gasteiger partial charge in [0.1, 0.15) is 0 Å². The molecule has 1 fully saturated rings. The van der Waals surface area contributed by atoms with E-state index in [1.807, 2.05) is 51.1 Å². The summed E-state index contributed by atoms with van der Waals surface area (Å²) < 4.78 is 0. The first kappa shape index (κ1) is 17.4. The number of nitrogens with one attached hydrogen (secondary N) is 1. The summed E-state index contributed by atoms with van der Waals surface area (Å²) >= 11 is 1.61. The molecule has 0 bridgehead atoms. The highest BCUT2D eigenvalue weighted by Crippen LogP contribution is 2.26. The molecule has 5 nitrogen and oxygen atoms in total. The van der Waals surface area contributed by atoms with Crippen LogP contribution in [0.1, 0.15) is 27.3 Å². The summed E-state index contributed by atoms with van der Waals surface area (Å²) in [6.45, 7) is 6.46. The van der Waals surface area contributed by atoms with E-state index >= 15 is 0 Å². The molecule has 0 saturated carbocycles. The maximum Gasteiger partial charge on any atom is 0.245 e. The van der Waals surface area contributed by atoms with E-state index < -0.39 is 0 Å². The Kier molecular flexibility index (Phi) is 4.99. The van der Waals surface area contributed by atoms with Crippen molar-refractivity contribution in [2.45, 2.75) is 27.2 Å². The van der Waals surface area contributed by atoms with Gasteiger partial charge in [-0.15, -0.1) is 11.3 Å². The van der Waals surface area contributed by atoms with Crippen molar-refractivity contribution in [3.63, 3.8) is 0 Å². The van der Waals surface area contributed by atoms with E-state index in [4.69, 9.17) is 0 Å². The zero-order valence-corrected chi connectivity index (χ0v) is 15.4. The van der Waals surface area contributed by atoms with Crippen LogP contribution < -0.4 is 10.3 Å². The molecular formula is C19H21N3O2S. The summed E-state index contributed by atoms with van der Waals surface area (Å²) in [7, 11) is 0. The van der Waals surface area contributed by atoms with E-state index in [2.05, 4.69) is 10.5 Å². The highest BCUT2D eigenvalue weighted by molar-refractivity contribution is 7.13. The van der Waals surface area contributed by atoms with Crippen molar-refractivity contribution in [3.8, 4) is 0 Å². The summed E-state index contributed by atoms with van der Waals surface area (Å²) in [5.74, 6) is -0.623. The molecule has 0 spiro atoms. The van der Waals surface area contributed by atoms with E-state index in [9.17, 15) is 9.59 Å². The van der Waals surface area contributed by atoms with Crippen molar-refractivity contribution in [3.05, 3.63) is 51.2 Å². The molecule has 1 aromatic carbocycles. The summed E-state index contributed by atoms with van der Waals surface area (Å²) in [4.78, 5) is 28.4. The highest BCUT2D eigenvalue weighted by Gasteiger charge is 2.35. The van der Waals surface area contributed by atoms with Crippen LogP contribution in [0.3, 0.4) is 0 Å². The van der Waals surface area contributed by atoms with Gasteiger partial charge >= 0.3 is 0 Å². The Balaban J connectivity index is 1.62. The molecule has 1 aliphatic rings. The summed E-state index contributed by atoms with van der Waals surface area (Å²) in [6, 6.07) is 9.88. The van der Waals surface area contributed by atoms with Gasteiger partial charge < -0.3 is 4.90 Å². The summed E-state index contributed by atoms with van der Waals surface area (Å²) in [5, 5.41) is 4.00. The zero-order valence-electron chi connectivity index (χ0n) is 14.6. The second kappa shape index (κ2) is 7.19. The van der Waals surface area contributed by atoms with Gasteiger partial charge in [-0.2, -0.15) is 5.10 Å². The molecule has 3 rings (SSSR count). The first-order chi connectivity index (χ1) is 11.9. The van der Waals surface area contributed by atoms with Crippen LogP contribution in [0, 0.1) is 26.7 Å². The number of benzene rings is 1. The Labute approximate surface area is 151 Å². The third-order valence-corrected chi connectivity index (χ3v) is 5.36. The maximum atomic E-state index is 12.3. The predicted octanol–water partition coefficient (Wildman–Crippen LogP) is 3.18. The van der Waals surface area contributed by atoms with Crippen molar-refractivity contribution in [2.75, 3.05) is 11.4 Å². The SMILES string of the molecule is Cc1ccc(C=NNC(=O)C2CC(=O)N(c3ccc(C)c(C)c3)C2)s1. The van der Waals surface area contributed by atoms with Crippen LogP contribution >= 0.6 is 11.3 Å². The maximum absolute atomic E-state index is 12.3. The normalized spacial score (nSPS) is 17.5. The standard InChI is InChI=1S/C19H21N3O2S/c1-12-4-6-16(8-13(12)2)22-11-15(9-18(22)23)19(24)21-20-10-17-7-5-14(3)25-17/h4-8,10,15H,9,11H2,1-3H3,(H,21,24). The molecule has 0 radical (unpaired) electrons. The Morgan fingerprint density at radius 3 is 2.72 bits per heavy atom. The molecule has 1 aliphatic heterocycles. The number of anilines is 1. The van der Waals surface area contributed by atoms with Gasteiger partial charge in [-0.05, 0) is 56.2 Å². The van der Waals surface area contributed by atoms with Crippen LogP contribution in [0.15, 0.2) is 35.4 Å². The molecule has 1 saturated heterocycles. The fourth-order valence-electron chi connectivity index (χ4n) is 2.80. The topological polar surface area (TPSA) is 61.8 Å². The van der Waals surface area contributed by atoms with Crippen molar-refractivity contribution < 1.29 is 9.59 Å². The van der Waals surface area contributed by atoms with Gasteiger partial charge in [0.05, 0.1) is 12.1 Å². The van der Waals surface area contributed by atoms with Gasteiger partial charge in [0.15, 0.2) is 0 Å². The molecule has 2 amide bonds. The third kappa shape index (κ3) is 3.96. The average Bonchev–Trinajstić information content (AvgIpc) is 3.16. The molecule has 2 heterocycles. The third-order valence-electron chi connectivity index (χ3n) is 4.43. The van der Waals surface area contributed by atoms with Crippen molar-refractivity contribution in [1.82, 2.24) is 5.43 Å². The van der Waals surface area contributed by atoms with Gasteiger partial charge in [-0.3, -0.25) is 9.59 Å². The molecule has 6 heteroatoms. The number of aryl methyl sites for hydroxylation is 3. The van der Waals surface area contributed by atoms with Gasteiger partial charge in [-0.25, -0.2) is 5.43 Å². The second-order valence-corrected chi connectivity index (χ2v) is 7.68. The summed E-state index contributed by atoms with van der Waals surface area (Å²) in [5.41, 5.74) is 5.72. The fraction of sp³-hybridized carbons (Fsp3) is 0.316. The molecule has 2 aromatic rings. The number of hydrogen-bond donors (Lipinski definition) is 1. The Morgan fingerprint density at radius 1 is 1.24 bits per heavy atom. The number of thiophene rings is 1. The van der Waals surface area contributed by atoms with Crippen LogP contribution in [0.4, 0.5) is 5.69 Å². The van der Waals surface area contributed by atoms with E-state index in [-0.39, 0.29) is 24.2 Å². The second-order valence-electron chi connectivity index (χ2n) is 6.36. The van der Waals surface area contributed by atoms with Gasteiger partial charge in [0, 0.05) is 28.4 Å². The Bertz CT molecular complexity index is 841. The predicted molar refractivity (Wildman–Crippen MR) is 101 cm³/mol. The van der Waals surface area contributed by atoms with Crippen molar-refractivity contribution in [2.24, 2.45) is 11.0 Å². The largest absolute Gasteiger partial charge is 0.312 e. The molecule has 1 unspecified atom stereocenters. The van der Waals surface area contributed by atoms with E-state index in [1.165, 1.54) is 10.4 Å². The van der Waals surface area contributed by atoms with E-state index in [0.29, 0.717) is 6.54 Å². The molecule has 1 N–H and O–H groups in total. The average molecular weight is 355 g/mol. The molecule has 25 heavy (non-hydrogen) atoms. The monoisotopic (exact) mass is 355 g/mol. The lowest BCUT2D eigenvalue weighted by molar-refractivity contribution is -0.126. The highest BCUT2D eigenvalue weighted by atomic mass is 32.1. The van der Waals surface area contributed by atoms with E-state index in [1.54, 1.807) is 22.5 Å². The van der Waals surface area contributed by atoms with Crippen molar-refractivity contribution in [1.29, 1.82) is 0 Å². The molecule has 1 aromatic heterocycles. The Hall–Kier alpha value is -2.47. The van der Waals surface area contributed by atoms with Gasteiger partial charge in [0.2, 0.25) is 11.8 Å². The molecule has 130 valence electrons. The number of carbonyl (C=O) groups is 2. The van der Waals surface area contributed by atoms with Crippen LogP contribution in [0.5, 0.6) is 0 Å². The molecule has 1 atom stereocenters. The molecule has 0 aliphatic carbocycles. The van der Waals surface area contributed by atoms with Crippen molar-refractivity contribution >= 4 is 35.1 Å². The van der Waals surface area contributed by atoms with Crippen LogP contribution in [-0.2, 0) is 9.59 Å². The van der Waals surface area contributed by atoms with Gasteiger partial charge in [-0.1, -0.05) is 6.07 Å². The van der Waals surface area contributed by atoms with Crippen LogP contribution in [0.25, 0.3) is 0 Å². The minimum Gasteiger partial charge on any atom is -0.312 e. The first-order valence-electron chi connectivity index (χ1n) is 8.21. The number of hydrazone groups is 1. The van der Waals surface area contributed by atoms with Crippen LogP contribution in [-0.4, -0.2) is 24.6 Å². The van der Waals surface area contributed by atoms with E-state index in [0.717, 1.165) is 16.1 Å². The van der Waals surface area contributed by atoms with Gasteiger partial charge in [0.25, 0.3) is 0 Å². The number of amides is 2. The quantitative estimate of drug-likeness (QED) is 0.676. The first-order valence-corrected chi connectivity index (χ1v) is 9.02. The number of hydrogen-bond acceptors (Lipinski definition) is 4. The minimum atomic E-state index is -0.378. The Morgan fingerprint density at radius 2 is 2.04 bits per heavy atom. The zero-order chi connectivity index (χ0) is 18.0. The minimum absolute atomic E-state index is 0.0266.